The standard InChI is InChI=1S/C18H33N3O2/c1-18(2,3)17(23)20-11-13-6-5-9-21(12-13)16(22)15-8-4-7-14(15)10-19/h13-15H,4-12,19H2,1-3H3,(H,20,23)/t13?,14-,15-/m1/s1. The summed E-state index contributed by atoms with van der Waals surface area (Å²) in [4.78, 5) is 26.8. The van der Waals surface area contributed by atoms with Gasteiger partial charge in [-0.3, -0.25) is 9.59 Å². The lowest BCUT2D eigenvalue weighted by atomic mass is 9.91. The van der Waals surface area contributed by atoms with E-state index in [-0.39, 0.29) is 17.2 Å². The largest absolute Gasteiger partial charge is 0.355 e. The summed E-state index contributed by atoms with van der Waals surface area (Å²) in [6, 6.07) is 0. The number of nitrogens with two attached hydrogens (primary N) is 1. The number of nitrogens with one attached hydrogen (secondary N) is 1. The zero-order chi connectivity index (χ0) is 17.0. The first-order valence-electron chi connectivity index (χ1n) is 9.10. The van der Waals surface area contributed by atoms with E-state index in [9.17, 15) is 9.59 Å². The molecule has 1 aliphatic heterocycles. The minimum atomic E-state index is -0.359. The van der Waals surface area contributed by atoms with Crippen molar-refractivity contribution in [3.8, 4) is 0 Å². The molecule has 0 aromatic carbocycles. The fraction of sp³-hybridized carbons (Fsp3) is 0.889. The van der Waals surface area contributed by atoms with Crippen LogP contribution >= 0.6 is 0 Å². The van der Waals surface area contributed by atoms with Crippen LogP contribution in [-0.2, 0) is 9.59 Å². The molecule has 1 heterocycles. The third-order valence-corrected chi connectivity index (χ3v) is 5.34. The predicted octanol–water partition coefficient (Wildman–Crippen LogP) is 1.76. The van der Waals surface area contributed by atoms with Crippen molar-refractivity contribution in [1.82, 2.24) is 10.2 Å². The maximum absolute atomic E-state index is 12.8. The Morgan fingerprint density at radius 1 is 1.17 bits per heavy atom. The molecule has 5 heteroatoms. The summed E-state index contributed by atoms with van der Waals surface area (Å²) in [5.74, 6) is 1.24. The van der Waals surface area contributed by atoms with Gasteiger partial charge in [-0.2, -0.15) is 0 Å². The SMILES string of the molecule is CC(C)(C)C(=O)NCC1CCCN(C(=O)[C@@H]2CCC[C@@H]2CN)C1. The van der Waals surface area contributed by atoms with Crippen molar-refractivity contribution in [2.24, 2.45) is 28.9 Å². The molecule has 0 aromatic heterocycles. The molecule has 0 radical (unpaired) electrons. The van der Waals surface area contributed by atoms with E-state index in [4.69, 9.17) is 5.73 Å². The Morgan fingerprint density at radius 3 is 2.57 bits per heavy atom. The summed E-state index contributed by atoms with van der Waals surface area (Å²) < 4.78 is 0. The van der Waals surface area contributed by atoms with Crippen LogP contribution in [0.2, 0.25) is 0 Å². The van der Waals surface area contributed by atoms with Gasteiger partial charge in [0.2, 0.25) is 11.8 Å². The summed E-state index contributed by atoms with van der Waals surface area (Å²) in [6.07, 6.45) is 5.31. The van der Waals surface area contributed by atoms with Crippen molar-refractivity contribution in [3.05, 3.63) is 0 Å². The number of rotatable bonds is 4. The van der Waals surface area contributed by atoms with Gasteiger partial charge in [0.25, 0.3) is 0 Å². The van der Waals surface area contributed by atoms with E-state index >= 15 is 0 Å². The fourth-order valence-corrected chi connectivity index (χ4v) is 3.81. The highest BCUT2D eigenvalue weighted by Crippen LogP contribution is 2.33. The minimum absolute atomic E-state index is 0.0833. The van der Waals surface area contributed by atoms with Gasteiger partial charge in [0.15, 0.2) is 0 Å². The lowest BCUT2D eigenvalue weighted by Crippen LogP contribution is -2.47. The molecular formula is C18H33N3O2. The van der Waals surface area contributed by atoms with E-state index < -0.39 is 0 Å². The van der Waals surface area contributed by atoms with Crippen LogP contribution < -0.4 is 11.1 Å². The molecule has 3 atom stereocenters. The molecule has 1 saturated carbocycles. The first kappa shape index (κ1) is 18.2. The highest BCUT2D eigenvalue weighted by atomic mass is 16.2. The van der Waals surface area contributed by atoms with Gasteiger partial charge >= 0.3 is 0 Å². The third kappa shape index (κ3) is 4.69. The van der Waals surface area contributed by atoms with Gasteiger partial charge in [-0.05, 0) is 44.1 Å². The molecule has 2 fully saturated rings. The van der Waals surface area contributed by atoms with Gasteiger partial charge in [0.1, 0.15) is 0 Å². The Morgan fingerprint density at radius 2 is 1.91 bits per heavy atom. The molecular weight excluding hydrogens is 290 g/mol. The number of carbonyl (C=O) groups is 2. The quantitative estimate of drug-likeness (QED) is 0.828. The van der Waals surface area contributed by atoms with Crippen molar-refractivity contribution in [2.75, 3.05) is 26.2 Å². The first-order valence-corrected chi connectivity index (χ1v) is 9.10. The van der Waals surface area contributed by atoms with E-state index in [0.717, 1.165) is 45.2 Å². The minimum Gasteiger partial charge on any atom is -0.355 e. The van der Waals surface area contributed by atoms with Crippen molar-refractivity contribution in [2.45, 2.75) is 52.9 Å². The molecule has 2 aliphatic rings. The van der Waals surface area contributed by atoms with Crippen LogP contribution in [0, 0.1) is 23.2 Å². The zero-order valence-corrected chi connectivity index (χ0v) is 14.9. The van der Waals surface area contributed by atoms with Gasteiger partial charge in [-0.15, -0.1) is 0 Å². The van der Waals surface area contributed by atoms with Crippen LogP contribution in [0.4, 0.5) is 0 Å². The maximum atomic E-state index is 12.8. The van der Waals surface area contributed by atoms with Crippen LogP contribution in [0.25, 0.3) is 0 Å². The Labute approximate surface area is 140 Å². The molecule has 1 unspecified atom stereocenters. The number of carbonyl (C=O) groups excluding carboxylic acids is 2. The van der Waals surface area contributed by atoms with E-state index in [1.165, 1.54) is 0 Å². The molecule has 3 N–H and O–H groups in total. The van der Waals surface area contributed by atoms with E-state index in [2.05, 4.69) is 5.32 Å². The zero-order valence-electron chi connectivity index (χ0n) is 14.9. The number of piperidine rings is 1. The van der Waals surface area contributed by atoms with Crippen LogP contribution in [-0.4, -0.2) is 42.9 Å². The second kappa shape index (κ2) is 7.65. The highest BCUT2D eigenvalue weighted by Gasteiger charge is 2.36. The Bertz CT molecular complexity index is 430. The topological polar surface area (TPSA) is 75.4 Å². The van der Waals surface area contributed by atoms with Crippen molar-refractivity contribution in [1.29, 1.82) is 0 Å². The number of nitrogens with zero attached hydrogens (tertiary/aromatic N) is 1. The van der Waals surface area contributed by atoms with Crippen molar-refractivity contribution >= 4 is 11.8 Å². The summed E-state index contributed by atoms with van der Waals surface area (Å²) in [7, 11) is 0. The second-order valence-corrected chi connectivity index (χ2v) is 8.29. The second-order valence-electron chi connectivity index (χ2n) is 8.29. The monoisotopic (exact) mass is 323 g/mol. The maximum Gasteiger partial charge on any atom is 0.226 e. The molecule has 5 nitrogen and oxygen atoms in total. The van der Waals surface area contributed by atoms with Crippen LogP contribution in [0.5, 0.6) is 0 Å². The predicted molar refractivity (Wildman–Crippen MR) is 91.7 cm³/mol. The summed E-state index contributed by atoms with van der Waals surface area (Å²) >= 11 is 0. The molecule has 2 rings (SSSR count). The highest BCUT2D eigenvalue weighted by molar-refractivity contribution is 5.81. The molecule has 2 amide bonds. The van der Waals surface area contributed by atoms with Gasteiger partial charge in [0, 0.05) is 31.0 Å². The molecule has 1 aliphatic carbocycles. The van der Waals surface area contributed by atoms with Crippen molar-refractivity contribution in [3.63, 3.8) is 0 Å². The normalized spacial score (nSPS) is 28.7. The average molecular weight is 323 g/mol. The van der Waals surface area contributed by atoms with E-state index in [1.54, 1.807) is 0 Å². The summed E-state index contributed by atoms with van der Waals surface area (Å²) in [6.45, 7) is 8.69. The Kier molecular flexibility index (Phi) is 6.06. The van der Waals surface area contributed by atoms with E-state index in [0.29, 0.717) is 30.8 Å². The molecule has 132 valence electrons. The summed E-state index contributed by atoms with van der Waals surface area (Å²) in [5.41, 5.74) is 5.46. The lowest BCUT2D eigenvalue weighted by molar-refractivity contribution is -0.138. The fourth-order valence-electron chi connectivity index (χ4n) is 3.81. The van der Waals surface area contributed by atoms with Crippen LogP contribution in [0.1, 0.15) is 52.9 Å². The lowest BCUT2D eigenvalue weighted by Gasteiger charge is -2.35. The van der Waals surface area contributed by atoms with Crippen LogP contribution in [0.15, 0.2) is 0 Å². The number of likely N-dealkylation sites (tertiary alicyclic amines) is 1. The average Bonchev–Trinajstić information content (AvgIpc) is 2.99. The number of hydrogen-bond donors (Lipinski definition) is 2. The molecule has 0 aromatic rings. The van der Waals surface area contributed by atoms with Gasteiger partial charge < -0.3 is 16.0 Å². The Balaban J connectivity index is 1.85. The number of hydrogen-bond acceptors (Lipinski definition) is 3. The van der Waals surface area contributed by atoms with Gasteiger partial charge in [-0.1, -0.05) is 27.2 Å². The molecule has 23 heavy (non-hydrogen) atoms. The third-order valence-electron chi connectivity index (χ3n) is 5.34. The van der Waals surface area contributed by atoms with Crippen LogP contribution in [0.3, 0.4) is 0 Å². The molecule has 0 spiro atoms. The number of amides is 2. The van der Waals surface area contributed by atoms with Crippen molar-refractivity contribution < 1.29 is 9.59 Å². The smallest absolute Gasteiger partial charge is 0.226 e. The van der Waals surface area contributed by atoms with E-state index in [1.807, 2.05) is 25.7 Å². The van der Waals surface area contributed by atoms with Gasteiger partial charge in [-0.25, -0.2) is 0 Å². The molecule has 1 saturated heterocycles. The van der Waals surface area contributed by atoms with Gasteiger partial charge in [0.05, 0.1) is 0 Å². The summed E-state index contributed by atoms with van der Waals surface area (Å²) in [5, 5.41) is 3.04. The first-order chi connectivity index (χ1) is 10.8. The Hall–Kier alpha value is -1.10. The molecule has 0 bridgehead atoms.